The van der Waals surface area contributed by atoms with Crippen molar-refractivity contribution in [2.45, 2.75) is 79.1 Å². The summed E-state index contributed by atoms with van der Waals surface area (Å²) in [6.07, 6.45) is 8.12. The Morgan fingerprint density at radius 1 is 0.667 bits per heavy atom. The minimum atomic E-state index is -2.71. The van der Waals surface area contributed by atoms with Crippen molar-refractivity contribution in [1.29, 1.82) is 0 Å². The fourth-order valence-corrected chi connectivity index (χ4v) is 4.63. The summed E-state index contributed by atoms with van der Waals surface area (Å²) in [6.45, 7) is 8.29. The summed E-state index contributed by atoms with van der Waals surface area (Å²) >= 11 is 0. The van der Waals surface area contributed by atoms with Crippen LogP contribution in [0.1, 0.15) is 79.1 Å². The Kier molecular flexibility index (Phi) is 18.3. The molecule has 0 aliphatic heterocycles. The number of hydrogen-bond acceptors (Lipinski definition) is 3. The highest BCUT2D eigenvalue weighted by Gasteiger charge is 2.07. The van der Waals surface area contributed by atoms with E-state index in [1.165, 1.54) is 0 Å². The molecule has 0 atom stereocenters. The second-order valence-corrected chi connectivity index (χ2v) is 9.41. The van der Waals surface area contributed by atoms with Crippen LogP contribution in [0.3, 0.4) is 0 Å². The van der Waals surface area contributed by atoms with Crippen LogP contribution in [0.4, 0.5) is 0 Å². The third kappa shape index (κ3) is 20.1. The minimum absolute atomic E-state index is 0.378. The van der Waals surface area contributed by atoms with Crippen molar-refractivity contribution in [2.24, 2.45) is 0 Å². The molecule has 0 N–H and O–H groups in total. The van der Waals surface area contributed by atoms with E-state index in [0.717, 1.165) is 62.9 Å². The maximum Gasteiger partial charge on any atom is 0.150 e. The number of rotatable bonds is 12. The summed E-state index contributed by atoms with van der Waals surface area (Å²) < 4.78 is 33.4. The molecular weight excluding hydrogens is 304 g/mol. The van der Waals surface area contributed by atoms with Gasteiger partial charge in [0.1, 0.15) is 9.84 Å². The van der Waals surface area contributed by atoms with Gasteiger partial charge in [-0.15, -0.1) is 0 Å². The smallest absolute Gasteiger partial charge is 0.150 e. The third-order valence-electron chi connectivity index (χ3n) is 3.07. The molecule has 0 amide bonds. The van der Waals surface area contributed by atoms with Gasteiger partial charge in [0.2, 0.25) is 0 Å². The molecule has 0 fully saturated rings. The Labute approximate surface area is 135 Å². The standard InChI is InChI=1S/C8H18O2S.C8H18OS/c1-3-5-7-11(9,10)8-6-4-2;1-3-5-7-10(9)8-6-4-2/h3-8H2,1-2H3;3-8H2,1-2H3. The van der Waals surface area contributed by atoms with Crippen LogP contribution in [-0.2, 0) is 20.6 Å². The Hall–Kier alpha value is 0.1000. The maximum atomic E-state index is 11.1. The highest BCUT2D eigenvalue weighted by molar-refractivity contribution is 7.91. The molecule has 0 bridgehead atoms. The first kappa shape index (κ1) is 23.4. The summed E-state index contributed by atoms with van der Waals surface area (Å²) in [5, 5.41) is 0. The molecule has 0 radical (unpaired) electrons. The summed E-state index contributed by atoms with van der Waals surface area (Å²) in [6, 6.07) is 0. The first-order chi connectivity index (χ1) is 9.93. The van der Waals surface area contributed by atoms with Crippen LogP contribution in [0.5, 0.6) is 0 Å². The molecule has 21 heavy (non-hydrogen) atoms. The van der Waals surface area contributed by atoms with E-state index in [0.29, 0.717) is 11.5 Å². The molecule has 0 aromatic heterocycles. The third-order valence-corrected chi connectivity index (χ3v) is 6.38. The molecule has 0 unspecified atom stereocenters. The molecule has 0 aliphatic carbocycles. The average molecular weight is 341 g/mol. The largest absolute Gasteiger partial charge is 0.260 e. The van der Waals surface area contributed by atoms with Gasteiger partial charge in [-0.3, -0.25) is 4.21 Å². The van der Waals surface area contributed by atoms with Crippen molar-refractivity contribution in [2.75, 3.05) is 23.0 Å². The van der Waals surface area contributed by atoms with Crippen molar-refractivity contribution in [3.63, 3.8) is 0 Å². The Bertz CT molecular complexity index is 300. The molecule has 0 saturated heterocycles. The number of unbranched alkanes of at least 4 members (excludes halogenated alkanes) is 4. The molecule has 130 valence electrons. The lowest BCUT2D eigenvalue weighted by atomic mass is 10.4. The van der Waals surface area contributed by atoms with Crippen molar-refractivity contribution in [3.8, 4) is 0 Å². The number of hydrogen-bond donors (Lipinski definition) is 0. The normalized spacial score (nSPS) is 11.3. The van der Waals surface area contributed by atoms with E-state index in [4.69, 9.17) is 0 Å². The Morgan fingerprint density at radius 3 is 1.29 bits per heavy atom. The fourth-order valence-electron chi connectivity index (χ4n) is 1.54. The average Bonchev–Trinajstić information content (AvgIpc) is 2.47. The van der Waals surface area contributed by atoms with E-state index in [9.17, 15) is 12.6 Å². The quantitative estimate of drug-likeness (QED) is 0.531. The van der Waals surface area contributed by atoms with Crippen molar-refractivity contribution in [1.82, 2.24) is 0 Å². The zero-order chi connectivity index (χ0) is 16.6. The molecule has 0 aliphatic rings. The van der Waals surface area contributed by atoms with Gasteiger partial charge in [0.05, 0.1) is 11.5 Å². The number of sulfone groups is 1. The first-order valence-electron chi connectivity index (χ1n) is 8.48. The lowest BCUT2D eigenvalue weighted by Crippen LogP contribution is -2.10. The molecule has 3 nitrogen and oxygen atoms in total. The predicted octanol–water partition coefficient (Wildman–Crippen LogP) is 4.34. The molecule has 0 heterocycles. The zero-order valence-electron chi connectivity index (χ0n) is 14.5. The van der Waals surface area contributed by atoms with Gasteiger partial charge in [0, 0.05) is 22.3 Å². The Balaban J connectivity index is 0. The maximum absolute atomic E-state index is 11.1. The van der Waals surface area contributed by atoms with E-state index in [1.807, 2.05) is 13.8 Å². The first-order valence-corrected chi connectivity index (χ1v) is 11.8. The van der Waals surface area contributed by atoms with Gasteiger partial charge in [-0.25, -0.2) is 8.42 Å². The van der Waals surface area contributed by atoms with Crippen LogP contribution in [0.25, 0.3) is 0 Å². The second-order valence-electron chi connectivity index (χ2n) is 5.41. The fraction of sp³-hybridized carbons (Fsp3) is 1.00. The van der Waals surface area contributed by atoms with Crippen molar-refractivity contribution >= 4 is 20.6 Å². The zero-order valence-corrected chi connectivity index (χ0v) is 16.2. The second kappa shape index (κ2) is 16.5. The van der Waals surface area contributed by atoms with Gasteiger partial charge >= 0.3 is 0 Å². The van der Waals surface area contributed by atoms with Crippen LogP contribution in [0, 0.1) is 0 Å². The SMILES string of the molecule is CCCCS(=O)(=O)CCCC.CCCCS(=O)CCCC. The predicted molar refractivity (Wildman–Crippen MR) is 96.2 cm³/mol. The summed E-state index contributed by atoms with van der Waals surface area (Å²) in [7, 11) is -3.23. The van der Waals surface area contributed by atoms with Crippen LogP contribution in [0.15, 0.2) is 0 Å². The molecule has 0 rings (SSSR count). The van der Waals surface area contributed by atoms with Gasteiger partial charge in [-0.05, 0) is 25.7 Å². The molecule has 0 spiro atoms. The van der Waals surface area contributed by atoms with Crippen LogP contribution in [0.2, 0.25) is 0 Å². The molecule has 0 saturated carbocycles. The molecular formula is C16H36O3S2. The summed E-state index contributed by atoms with van der Waals surface area (Å²) in [5.41, 5.74) is 0. The van der Waals surface area contributed by atoms with E-state index in [2.05, 4.69) is 13.8 Å². The van der Waals surface area contributed by atoms with Gasteiger partial charge in [0.15, 0.2) is 0 Å². The van der Waals surface area contributed by atoms with Gasteiger partial charge in [-0.2, -0.15) is 0 Å². The molecule has 0 aromatic rings. The van der Waals surface area contributed by atoms with Crippen molar-refractivity contribution < 1.29 is 12.6 Å². The van der Waals surface area contributed by atoms with E-state index in [-0.39, 0.29) is 0 Å². The van der Waals surface area contributed by atoms with Crippen LogP contribution < -0.4 is 0 Å². The summed E-state index contributed by atoms with van der Waals surface area (Å²) in [5.74, 6) is 2.58. The molecule has 0 aromatic carbocycles. The lowest BCUT2D eigenvalue weighted by Gasteiger charge is -2.00. The van der Waals surface area contributed by atoms with Crippen LogP contribution >= 0.6 is 0 Å². The van der Waals surface area contributed by atoms with E-state index in [1.54, 1.807) is 0 Å². The van der Waals surface area contributed by atoms with Gasteiger partial charge < -0.3 is 0 Å². The summed E-state index contributed by atoms with van der Waals surface area (Å²) in [4.78, 5) is 0. The van der Waals surface area contributed by atoms with Gasteiger partial charge in [-0.1, -0.05) is 53.4 Å². The van der Waals surface area contributed by atoms with E-state index >= 15 is 0 Å². The lowest BCUT2D eigenvalue weighted by molar-refractivity contribution is 0.589. The highest BCUT2D eigenvalue weighted by Crippen LogP contribution is 2.00. The van der Waals surface area contributed by atoms with Crippen LogP contribution in [-0.4, -0.2) is 35.6 Å². The van der Waals surface area contributed by atoms with Gasteiger partial charge in [0.25, 0.3) is 0 Å². The monoisotopic (exact) mass is 340 g/mol. The van der Waals surface area contributed by atoms with Crippen molar-refractivity contribution in [3.05, 3.63) is 0 Å². The van der Waals surface area contributed by atoms with E-state index < -0.39 is 20.6 Å². The topological polar surface area (TPSA) is 51.2 Å². The minimum Gasteiger partial charge on any atom is -0.260 e. The molecule has 5 heteroatoms. The Morgan fingerprint density at radius 2 is 1.00 bits per heavy atom. The highest BCUT2D eigenvalue weighted by atomic mass is 32.2.